The molecule has 1 rings (SSSR count). The van der Waals surface area contributed by atoms with Crippen LogP contribution in [0.2, 0.25) is 0 Å². The van der Waals surface area contributed by atoms with E-state index in [0.717, 1.165) is 6.07 Å². The van der Waals surface area contributed by atoms with E-state index in [2.05, 4.69) is 4.74 Å². The zero-order chi connectivity index (χ0) is 12.3. The molecule has 0 aliphatic carbocycles. The number of methoxy groups -OCH3 is 1. The van der Waals surface area contributed by atoms with E-state index < -0.39 is 24.2 Å². The second-order valence-electron chi connectivity index (χ2n) is 3.07. The molecule has 1 aromatic carbocycles. The summed E-state index contributed by atoms with van der Waals surface area (Å²) < 4.78 is 53.4. The van der Waals surface area contributed by atoms with Crippen LogP contribution in [0.15, 0.2) is 18.2 Å². The number of carbonyl (C=O) groups is 1. The van der Waals surface area contributed by atoms with E-state index in [1.54, 1.807) is 0 Å². The molecule has 0 aliphatic rings. The molecule has 0 spiro atoms. The van der Waals surface area contributed by atoms with E-state index in [0.29, 0.717) is 0 Å². The zero-order valence-corrected chi connectivity index (χ0v) is 8.27. The van der Waals surface area contributed by atoms with Gasteiger partial charge in [-0.15, -0.1) is 0 Å². The largest absolute Gasteiger partial charge is 0.494 e. The lowest BCUT2D eigenvalue weighted by Gasteiger charge is -2.06. The number of ether oxygens (including phenoxy) is 1. The molecular weight excluding hydrogens is 228 g/mol. The first kappa shape index (κ1) is 12.5. The fraction of sp³-hybridized carbons (Fsp3) is 0.300. The van der Waals surface area contributed by atoms with Gasteiger partial charge in [0, 0.05) is 6.42 Å². The third-order valence-electron chi connectivity index (χ3n) is 1.90. The SMILES string of the molecule is COc1ccc(CC(=O)C(F)(F)F)cc1F. The van der Waals surface area contributed by atoms with Gasteiger partial charge in [0.25, 0.3) is 0 Å². The molecule has 0 heterocycles. The Morgan fingerprint density at radius 2 is 2.00 bits per heavy atom. The third kappa shape index (κ3) is 2.95. The number of halogens is 4. The highest BCUT2D eigenvalue weighted by molar-refractivity contribution is 5.86. The summed E-state index contributed by atoms with van der Waals surface area (Å²) in [5.41, 5.74) is -0.0411. The molecule has 0 fully saturated rings. The summed E-state index contributed by atoms with van der Waals surface area (Å²) in [5.74, 6) is -2.78. The van der Waals surface area contributed by atoms with Crippen LogP contribution in [-0.4, -0.2) is 19.1 Å². The number of hydrogen-bond acceptors (Lipinski definition) is 2. The van der Waals surface area contributed by atoms with Gasteiger partial charge in [0.2, 0.25) is 5.78 Å². The van der Waals surface area contributed by atoms with Crippen molar-refractivity contribution in [2.75, 3.05) is 7.11 Å². The molecule has 0 aliphatic heterocycles. The molecule has 88 valence electrons. The lowest BCUT2D eigenvalue weighted by molar-refractivity contribution is -0.170. The van der Waals surface area contributed by atoms with Crippen LogP contribution in [-0.2, 0) is 11.2 Å². The fourth-order valence-corrected chi connectivity index (χ4v) is 1.11. The Labute approximate surface area is 88.8 Å². The molecule has 6 heteroatoms. The van der Waals surface area contributed by atoms with Gasteiger partial charge in [-0.05, 0) is 17.7 Å². The molecule has 0 atom stereocenters. The average Bonchev–Trinajstić information content (AvgIpc) is 2.16. The summed E-state index contributed by atoms with van der Waals surface area (Å²) in [5, 5.41) is 0. The van der Waals surface area contributed by atoms with Crippen molar-refractivity contribution < 1.29 is 27.1 Å². The molecule has 16 heavy (non-hydrogen) atoms. The maximum Gasteiger partial charge on any atom is 0.450 e. The van der Waals surface area contributed by atoms with Gasteiger partial charge in [-0.25, -0.2) is 4.39 Å². The van der Waals surface area contributed by atoms with Crippen LogP contribution in [0.1, 0.15) is 5.56 Å². The minimum absolute atomic E-state index is 0.0411. The van der Waals surface area contributed by atoms with Crippen LogP contribution in [0.4, 0.5) is 17.6 Å². The zero-order valence-electron chi connectivity index (χ0n) is 8.27. The Morgan fingerprint density at radius 3 is 2.44 bits per heavy atom. The Bertz CT molecular complexity index is 398. The molecule has 0 amide bonds. The van der Waals surface area contributed by atoms with Crippen molar-refractivity contribution in [1.82, 2.24) is 0 Å². The average molecular weight is 236 g/mol. The third-order valence-corrected chi connectivity index (χ3v) is 1.90. The normalized spacial score (nSPS) is 11.3. The van der Waals surface area contributed by atoms with Gasteiger partial charge in [0.05, 0.1) is 7.11 Å². The molecule has 0 saturated heterocycles. The van der Waals surface area contributed by atoms with E-state index in [-0.39, 0.29) is 11.3 Å². The van der Waals surface area contributed by atoms with Crippen molar-refractivity contribution in [3.05, 3.63) is 29.6 Å². The van der Waals surface area contributed by atoms with Crippen LogP contribution in [0.5, 0.6) is 5.75 Å². The number of carbonyl (C=O) groups excluding carboxylic acids is 1. The summed E-state index contributed by atoms with van der Waals surface area (Å²) in [4.78, 5) is 10.6. The smallest absolute Gasteiger partial charge is 0.450 e. The number of Topliss-reactive ketones (excluding diaryl/α,β-unsaturated/α-hetero) is 1. The summed E-state index contributed by atoms with van der Waals surface area (Å²) in [6.45, 7) is 0. The second-order valence-corrected chi connectivity index (χ2v) is 3.07. The molecule has 0 bridgehead atoms. The molecule has 0 N–H and O–H groups in total. The van der Waals surface area contributed by atoms with Crippen molar-refractivity contribution in [3.63, 3.8) is 0 Å². The molecule has 0 saturated carbocycles. The van der Waals surface area contributed by atoms with E-state index in [9.17, 15) is 22.4 Å². The van der Waals surface area contributed by atoms with Gasteiger partial charge < -0.3 is 4.74 Å². The van der Waals surface area contributed by atoms with Crippen LogP contribution in [0.3, 0.4) is 0 Å². The van der Waals surface area contributed by atoms with Gasteiger partial charge in [0.15, 0.2) is 11.6 Å². The van der Waals surface area contributed by atoms with Gasteiger partial charge >= 0.3 is 6.18 Å². The molecule has 0 aromatic heterocycles. The van der Waals surface area contributed by atoms with Crippen LogP contribution >= 0.6 is 0 Å². The molecular formula is C10H8F4O2. The van der Waals surface area contributed by atoms with Crippen molar-refractivity contribution in [1.29, 1.82) is 0 Å². The minimum Gasteiger partial charge on any atom is -0.494 e. The van der Waals surface area contributed by atoms with E-state index in [4.69, 9.17) is 0 Å². The first-order valence-corrected chi connectivity index (χ1v) is 4.27. The van der Waals surface area contributed by atoms with Crippen molar-refractivity contribution >= 4 is 5.78 Å². The molecule has 1 aromatic rings. The monoisotopic (exact) mass is 236 g/mol. The van der Waals surface area contributed by atoms with Gasteiger partial charge in [-0.3, -0.25) is 4.79 Å². The summed E-state index contributed by atoms with van der Waals surface area (Å²) in [6, 6.07) is 3.24. The predicted molar refractivity (Wildman–Crippen MR) is 47.7 cm³/mol. The van der Waals surface area contributed by atoms with Crippen molar-refractivity contribution in [3.8, 4) is 5.75 Å². The highest BCUT2D eigenvalue weighted by Gasteiger charge is 2.37. The number of benzene rings is 1. The quantitative estimate of drug-likeness (QED) is 0.754. The lowest BCUT2D eigenvalue weighted by atomic mass is 10.1. The number of ketones is 1. The molecule has 0 unspecified atom stereocenters. The first-order chi connectivity index (χ1) is 7.34. The summed E-state index contributed by atoms with van der Waals surface area (Å²) >= 11 is 0. The lowest BCUT2D eigenvalue weighted by Crippen LogP contribution is -2.24. The fourth-order valence-electron chi connectivity index (χ4n) is 1.11. The Hall–Kier alpha value is -1.59. The topological polar surface area (TPSA) is 26.3 Å². The Kier molecular flexibility index (Phi) is 3.51. The standard InChI is InChI=1S/C10H8F4O2/c1-16-8-3-2-6(4-7(8)11)5-9(15)10(12,13)14/h2-4H,5H2,1H3. The Morgan fingerprint density at radius 1 is 1.38 bits per heavy atom. The van der Waals surface area contributed by atoms with Crippen LogP contribution in [0, 0.1) is 5.82 Å². The Balaban J connectivity index is 2.84. The van der Waals surface area contributed by atoms with Crippen molar-refractivity contribution in [2.45, 2.75) is 12.6 Å². The predicted octanol–water partition coefficient (Wildman–Crippen LogP) is 2.51. The maximum atomic E-state index is 13.1. The number of hydrogen-bond donors (Lipinski definition) is 0. The van der Waals surface area contributed by atoms with Crippen molar-refractivity contribution in [2.24, 2.45) is 0 Å². The van der Waals surface area contributed by atoms with E-state index in [1.165, 1.54) is 19.2 Å². The number of alkyl halides is 3. The van der Waals surface area contributed by atoms with Gasteiger partial charge in [-0.2, -0.15) is 13.2 Å². The first-order valence-electron chi connectivity index (χ1n) is 4.27. The van der Waals surface area contributed by atoms with Gasteiger partial charge in [0.1, 0.15) is 0 Å². The molecule has 2 nitrogen and oxygen atoms in total. The summed E-state index contributed by atoms with van der Waals surface area (Å²) in [6.07, 6.45) is -5.76. The summed E-state index contributed by atoms with van der Waals surface area (Å²) in [7, 11) is 1.24. The second kappa shape index (κ2) is 4.51. The number of rotatable bonds is 3. The van der Waals surface area contributed by atoms with E-state index in [1.807, 2.05) is 0 Å². The van der Waals surface area contributed by atoms with Crippen LogP contribution in [0.25, 0.3) is 0 Å². The highest BCUT2D eigenvalue weighted by Crippen LogP contribution is 2.22. The minimum atomic E-state index is -4.89. The molecule has 0 radical (unpaired) electrons. The van der Waals surface area contributed by atoms with E-state index >= 15 is 0 Å². The van der Waals surface area contributed by atoms with Gasteiger partial charge in [-0.1, -0.05) is 6.07 Å². The highest BCUT2D eigenvalue weighted by atomic mass is 19.4. The van der Waals surface area contributed by atoms with Crippen LogP contribution < -0.4 is 4.74 Å². The maximum absolute atomic E-state index is 13.1.